The van der Waals surface area contributed by atoms with Crippen molar-refractivity contribution in [2.75, 3.05) is 0 Å². The van der Waals surface area contributed by atoms with Crippen molar-refractivity contribution in [2.24, 2.45) is 0 Å². The number of hydrogen-bond donors (Lipinski definition) is 0. The molecule has 0 fully saturated rings. The molecule has 1 aromatic carbocycles. The van der Waals surface area contributed by atoms with E-state index in [0.29, 0.717) is 5.92 Å². The lowest BCUT2D eigenvalue weighted by Gasteiger charge is -2.24. The Balaban J connectivity index is 2.30. The van der Waals surface area contributed by atoms with Gasteiger partial charge in [0.2, 0.25) is 0 Å². The average molecular weight is 195 g/mol. The van der Waals surface area contributed by atoms with E-state index in [1.54, 1.807) is 0 Å². The van der Waals surface area contributed by atoms with Gasteiger partial charge in [-0.05, 0) is 35.1 Å². The highest BCUT2D eigenvalue weighted by atomic mass is 14.6. The second kappa shape index (κ2) is 3.20. The lowest BCUT2D eigenvalue weighted by molar-refractivity contribution is 0.747. The van der Waals surface area contributed by atoms with E-state index in [-0.39, 0.29) is 0 Å². The van der Waals surface area contributed by atoms with Gasteiger partial charge in [0.25, 0.3) is 0 Å². The molecule has 0 radical (unpaired) electrons. The van der Waals surface area contributed by atoms with Gasteiger partial charge in [0, 0.05) is 18.0 Å². The second-order valence-electron chi connectivity index (χ2n) is 4.23. The van der Waals surface area contributed by atoms with Crippen molar-refractivity contribution in [3.05, 3.63) is 53.9 Å². The topological polar surface area (TPSA) is 12.9 Å². The van der Waals surface area contributed by atoms with Gasteiger partial charge in [0.1, 0.15) is 0 Å². The summed E-state index contributed by atoms with van der Waals surface area (Å²) in [6.07, 6.45) is 5.01. The van der Waals surface area contributed by atoms with Gasteiger partial charge >= 0.3 is 0 Å². The summed E-state index contributed by atoms with van der Waals surface area (Å²) in [6.45, 7) is 2.29. The third-order valence-corrected chi connectivity index (χ3v) is 3.22. The largest absolute Gasteiger partial charge is 0.264 e. The lowest BCUT2D eigenvalue weighted by Crippen LogP contribution is -2.08. The molecule has 2 aromatic rings. The molecule has 74 valence electrons. The first-order chi connectivity index (χ1) is 7.36. The summed E-state index contributed by atoms with van der Waals surface area (Å²) < 4.78 is 0. The molecule has 1 aliphatic carbocycles. The Bertz CT molecular complexity index is 502. The van der Waals surface area contributed by atoms with E-state index in [4.69, 9.17) is 0 Å². The SMILES string of the molecule is CC1Cc2ccncc2-c2ccccc21. The van der Waals surface area contributed by atoms with Crippen LogP contribution < -0.4 is 0 Å². The number of rotatable bonds is 0. The first kappa shape index (κ1) is 8.66. The minimum absolute atomic E-state index is 0.621. The van der Waals surface area contributed by atoms with Gasteiger partial charge in [-0.15, -0.1) is 0 Å². The van der Waals surface area contributed by atoms with Gasteiger partial charge < -0.3 is 0 Å². The van der Waals surface area contributed by atoms with Crippen LogP contribution in [0.2, 0.25) is 0 Å². The monoisotopic (exact) mass is 195 g/mol. The predicted octanol–water partition coefficient (Wildman–Crippen LogP) is 3.41. The van der Waals surface area contributed by atoms with Crippen LogP contribution in [-0.4, -0.2) is 4.98 Å². The number of benzene rings is 1. The maximum Gasteiger partial charge on any atom is 0.0349 e. The fourth-order valence-electron chi connectivity index (χ4n) is 2.46. The molecular formula is C14H13N. The summed E-state index contributed by atoms with van der Waals surface area (Å²) in [7, 11) is 0. The molecule has 0 aliphatic heterocycles. The lowest BCUT2D eigenvalue weighted by atomic mass is 9.80. The molecular weight excluding hydrogens is 182 g/mol. The highest BCUT2D eigenvalue weighted by Crippen LogP contribution is 2.38. The minimum atomic E-state index is 0.621. The fourth-order valence-corrected chi connectivity index (χ4v) is 2.46. The van der Waals surface area contributed by atoms with Crippen molar-refractivity contribution < 1.29 is 0 Å². The van der Waals surface area contributed by atoms with E-state index >= 15 is 0 Å². The first-order valence-electron chi connectivity index (χ1n) is 5.38. The third kappa shape index (κ3) is 1.27. The van der Waals surface area contributed by atoms with Crippen molar-refractivity contribution in [1.29, 1.82) is 0 Å². The molecule has 0 N–H and O–H groups in total. The molecule has 1 nitrogen and oxygen atoms in total. The number of aromatic nitrogens is 1. The number of hydrogen-bond acceptors (Lipinski definition) is 1. The zero-order valence-corrected chi connectivity index (χ0v) is 8.77. The summed E-state index contributed by atoms with van der Waals surface area (Å²) in [5.74, 6) is 0.621. The maximum atomic E-state index is 4.22. The fraction of sp³-hybridized carbons (Fsp3) is 0.214. The summed E-state index contributed by atoms with van der Waals surface area (Å²) in [4.78, 5) is 4.22. The smallest absolute Gasteiger partial charge is 0.0349 e. The van der Waals surface area contributed by atoms with Gasteiger partial charge in [-0.2, -0.15) is 0 Å². The van der Waals surface area contributed by atoms with E-state index in [0.717, 1.165) is 6.42 Å². The van der Waals surface area contributed by atoms with Crippen LogP contribution in [0.15, 0.2) is 42.7 Å². The molecule has 0 amide bonds. The molecule has 1 aliphatic rings. The molecule has 1 heteroatoms. The summed E-state index contributed by atoms with van der Waals surface area (Å²) >= 11 is 0. The molecule has 0 bridgehead atoms. The summed E-state index contributed by atoms with van der Waals surface area (Å²) in [6, 6.07) is 10.8. The van der Waals surface area contributed by atoms with Crippen LogP contribution in [0.1, 0.15) is 24.0 Å². The van der Waals surface area contributed by atoms with Crippen LogP contribution in [0.25, 0.3) is 11.1 Å². The van der Waals surface area contributed by atoms with Gasteiger partial charge in [-0.3, -0.25) is 4.98 Å². The number of fused-ring (bicyclic) bond motifs is 3. The van der Waals surface area contributed by atoms with Crippen LogP contribution in [0.4, 0.5) is 0 Å². The molecule has 0 saturated carbocycles. The maximum absolute atomic E-state index is 4.22. The van der Waals surface area contributed by atoms with Crippen molar-refractivity contribution in [3.8, 4) is 11.1 Å². The minimum Gasteiger partial charge on any atom is -0.264 e. The third-order valence-electron chi connectivity index (χ3n) is 3.22. The van der Waals surface area contributed by atoms with E-state index in [2.05, 4.69) is 42.2 Å². The van der Waals surface area contributed by atoms with E-state index in [1.807, 2.05) is 12.4 Å². The van der Waals surface area contributed by atoms with Gasteiger partial charge in [0.15, 0.2) is 0 Å². The van der Waals surface area contributed by atoms with E-state index < -0.39 is 0 Å². The Labute approximate surface area is 89.8 Å². The molecule has 1 heterocycles. The van der Waals surface area contributed by atoms with Crippen LogP contribution in [-0.2, 0) is 6.42 Å². The highest BCUT2D eigenvalue weighted by molar-refractivity contribution is 5.72. The molecule has 0 saturated heterocycles. The Hall–Kier alpha value is -1.63. The predicted molar refractivity (Wildman–Crippen MR) is 61.8 cm³/mol. The van der Waals surface area contributed by atoms with Crippen molar-refractivity contribution in [1.82, 2.24) is 4.98 Å². The average Bonchev–Trinajstić information content (AvgIpc) is 2.30. The van der Waals surface area contributed by atoms with Crippen LogP contribution >= 0.6 is 0 Å². The normalized spacial score (nSPS) is 18.1. The van der Waals surface area contributed by atoms with Crippen LogP contribution in [0, 0.1) is 0 Å². The van der Waals surface area contributed by atoms with E-state index in [9.17, 15) is 0 Å². The zero-order valence-electron chi connectivity index (χ0n) is 8.77. The highest BCUT2D eigenvalue weighted by Gasteiger charge is 2.20. The quantitative estimate of drug-likeness (QED) is 0.627. The van der Waals surface area contributed by atoms with E-state index in [1.165, 1.54) is 22.3 Å². The Morgan fingerprint density at radius 2 is 2.00 bits per heavy atom. The Kier molecular flexibility index (Phi) is 1.84. The summed E-state index contributed by atoms with van der Waals surface area (Å²) in [5, 5.41) is 0. The van der Waals surface area contributed by atoms with Crippen molar-refractivity contribution in [2.45, 2.75) is 19.3 Å². The molecule has 0 spiro atoms. The molecule has 3 rings (SSSR count). The first-order valence-corrected chi connectivity index (χ1v) is 5.38. The Morgan fingerprint density at radius 1 is 1.13 bits per heavy atom. The Morgan fingerprint density at radius 3 is 2.93 bits per heavy atom. The van der Waals surface area contributed by atoms with Gasteiger partial charge in [-0.25, -0.2) is 0 Å². The molecule has 15 heavy (non-hydrogen) atoms. The number of nitrogens with zero attached hydrogens (tertiary/aromatic N) is 1. The summed E-state index contributed by atoms with van der Waals surface area (Å²) in [5.41, 5.74) is 5.56. The molecule has 1 atom stereocenters. The number of pyridine rings is 1. The molecule has 1 unspecified atom stereocenters. The van der Waals surface area contributed by atoms with Gasteiger partial charge in [-0.1, -0.05) is 31.2 Å². The van der Waals surface area contributed by atoms with Crippen LogP contribution in [0.5, 0.6) is 0 Å². The molecule has 1 aromatic heterocycles. The standard InChI is InChI=1S/C14H13N/c1-10-8-11-6-7-15-9-14(11)13-5-3-2-4-12(10)13/h2-7,9-10H,8H2,1H3. The van der Waals surface area contributed by atoms with Crippen LogP contribution in [0.3, 0.4) is 0 Å². The van der Waals surface area contributed by atoms with Crippen molar-refractivity contribution >= 4 is 0 Å². The van der Waals surface area contributed by atoms with Crippen molar-refractivity contribution in [3.63, 3.8) is 0 Å². The second-order valence-corrected chi connectivity index (χ2v) is 4.23. The zero-order chi connectivity index (χ0) is 10.3. The van der Waals surface area contributed by atoms with Gasteiger partial charge in [0.05, 0.1) is 0 Å².